The first kappa shape index (κ1) is 15.5. The molecule has 0 heterocycles. The molecule has 0 radical (unpaired) electrons. The zero-order valence-electron chi connectivity index (χ0n) is 11.7. The van der Waals surface area contributed by atoms with Gasteiger partial charge in [-0.25, -0.2) is 13.1 Å². The minimum atomic E-state index is -3.32. The van der Waals surface area contributed by atoms with Crippen LogP contribution in [-0.2, 0) is 16.4 Å². The maximum absolute atomic E-state index is 12.3. The van der Waals surface area contributed by atoms with Crippen LogP contribution in [0.2, 0.25) is 0 Å². The van der Waals surface area contributed by atoms with E-state index in [2.05, 4.69) is 4.72 Å². The lowest BCUT2D eigenvalue weighted by Crippen LogP contribution is -2.44. The van der Waals surface area contributed by atoms with E-state index in [1.807, 2.05) is 30.3 Å². The largest absolute Gasteiger partial charge is 0.395 e. The Morgan fingerprint density at radius 1 is 1.15 bits per heavy atom. The van der Waals surface area contributed by atoms with Crippen LogP contribution in [0.4, 0.5) is 0 Å². The van der Waals surface area contributed by atoms with Gasteiger partial charge >= 0.3 is 0 Å². The molecular weight excluding hydrogens is 274 g/mol. The normalized spacial score (nSPS) is 18.9. The molecule has 0 saturated heterocycles. The van der Waals surface area contributed by atoms with Crippen molar-refractivity contribution >= 4 is 10.0 Å². The summed E-state index contributed by atoms with van der Waals surface area (Å²) in [5.74, 6) is 0. The maximum atomic E-state index is 12.3. The van der Waals surface area contributed by atoms with Crippen molar-refractivity contribution in [1.82, 2.24) is 4.72 Å². The van der Waals surface area contributed by atoms with Crippen LogP contribution in [-0.4, -0.2) is 31.4 Å². The van der Waals surface area contributed by atoms with Crippen molar-refractivity contribution in [3.8, 4) is 0 Å². The van der Waals surface area contributed by atoms with E-state index in [-0.39, 0.29) is 11.9 Å². The standard InChI is InChI=1S/C15H23NO3S/c17-12-14(11-13-7-3-1-4-8-13)16-20(18,19)15-9-5-2-6-10-15/h1,3-4,7-8,14-17H,2,5-6,9-12H2/t14-/m0/s1. The molecule has 1 aliphatic rings. The van der Waals surface area contributed by atoms with E-state index in [0.717, 1.165) is 37.7 Å². The van der Waals surface area contributed by atoms with Crippen LogP contribution in [0.25, 0.3) is 0 Å². The van der Waals surface area contributed by atoms with Crippen molar-refractivity contribution in [1.29, 1.82) is 0 Å². The predicted molar refractivity (Wildman–Crippen MR) is 79.9 cm³/mol. The fourth-order valence-electron chi connectivity index (χ4n) is 2.75. The minimum absolute atomic E-state index is 0.180. The van der Waals surface area contributed by atoms with Gasteiger partial charge in [0.25, 0.3) is 0 Å². The van der Waals surface area contributed by atoms with E-state index in [1.165, 1.54) is 0 Å². The van der Waals surface area contributed by atoms with E-state index in [9.17, 15) is 13.5 Å². The highest BCUT2D eigenvalue weighted by molar-refractivity contribution is 7.90. The van der Waals surface area contributed by atoms with Crippen LogP contribution in [0.1, 0.15) is 37.7 Å². The Hall–Kier alpha value is -0.910. The molecule has 0 amide bonds. The molecule has 2 rings (SSSR count). The van der Waals surface area contributed by atoms with Gasteiger partial charge in [0.2, 0.25) is 10.0 Å². The van der Waals surface area contributed by atoms with Gasteiger partial charge in [-0.2, -0.15) is 0 Å². The van der Waals surface area contributed by atoms with Gasteiger partial charge in [0.15, 0.2) is 0 Å². The number of aliphatic hydroxyl groups excluding tert-OH is 1. The molecule has 1 fully saturated rings. The van der Waals surface area contributed by atoms with Crippen LogP contribution in [0, 0.1) is 0 Å². The van der Waals surface area contributed by atoms with Crippen LogP contribution >= 0.6 is 0 Å². The highest BCUT2D eigenvalue weighted by atomic mass is 32.2. The van der Waals surface area contributed by atoms with Crippen molar-refractivity contribution in [3.63, 3.8) is 0 Å². The number of rotatable bonds is 6. The van der Waals surface area contributed by atoms with Gasteiger partial charge in [0, 0.05) is 6.04 Å². The number of hydrogen-bond acceptors (Lipinski definition) is 3. The van der Waals surface area contributed by atoms with Gasteiger partial charge in [-0.05, 0) is 24.8 Å². The Labute approximate surface area is 121 Å². The summed E-state index contributed by atoms with van der Waals surface area (Å²) in [6, 6.07) is 9.20. The summed E-state index contributed by atoms with van der Waals surface area (Å²) in [5.41, 5.74) is 1.03. The van der Waals surface area contributed by atoms with E-state index < -0.39 is 16.1 Å². The smallest absolute Gasteiger partial charge is 0.214 e. The van der Waals surface area contributed by atoms with E-state index in [4.69, 9.17) is 0 Å². The molecule has 5 heteroatoms. The van der Waals surface area contributed by atoms with Crippen LogP contribution in [0.3, 0.4) is 0 Å². The highest BCUT2D eigenvalue weighted by Crippen LogP contribution is 2.23. The third kappa shape index (κ3) is 4.30. The Balaban J connectivity index is 1.98. The molecule has 1 aliphatic carbocycles. The third-order valence-corrected chi connectivity index (χ3v) is 5.88. The van der Waals surface area contributed by atoms with Gasteiger partial charge in [0.1, 0.15) is 0 Å². The topological polar surface area (TPSA) is 66.4 Å². The zero-order chi connectivity index (χ0) is 14.4. The molecule has 20 heavy (non-hydrogen) atoms. The van der Waals surface area contributed by atoms with Gasteiger partial charge in [0.05, 0.1) is 11.9 Å². The fraction of sp³-hybridized carbons (Fsp3) is 0.600. The van der Waals surface area contributed by atoms with E-state index in [0.29, 0.717) is 6.42 Å². The Bertz CT molecular complexity index is 495. The number of hydrogen-bond donors (Lipinski definition) is 2. The number of benzene rings is 1. The second-order valence-corrected chi connectivity index (χ2v) is 7.48. The first-order valence-corrected chi connectivity index (χ1v) is 8.82. The maximum Gasteiger partial charge on any atom is 0.214 e. The first-order valence-electron chi connectivity index (χ1n) is 7.28. The third-order valence-electron chi connectivity index (χ3n) is 3.87. The molecule has 1 aromatic rings. The van der Waals surface area contributed by atoms with Crippen molar-refractivity contribution in [3.05, 3.63) is 35.9 Å². The fourth-order valence-corrected chi connectivity index (χ4v) is 4.51. The quantitative estimate of drug-likeness (QED) is 0.842. The Morgan fingerprint density at radius 3 is 2.40 bits per heavy atom. The molecule has 0 bridgehead atoms. The van der Waals surface area contributed by atoms with Crippen molar-refractivity contribution in [2.75, 3.05) is 6.61 Å². The van der Waals surface area contributed by atoms with Gasteiger partial charge in [-0.3, -0.25) is 0 Å². The molecule has 0 unspecified atom stereocenters. The molecule has 4 nitrogen and oxygen atoms in total. The molecule has 0 spiro atoms. The van der Waals surface area contributed by atoms with E-state index in [1.54, 1.807) is 0 Å². The second kappa shape index (κ2) is 7.20. The SMILES string of the molecule is O=S(=O)(N[C@H](CO)Cc1ccccc1)C1CCCCC1. The summed E-state index contributed by atoms with van der Waals surface area (Å²) in [7, 11) is -3.32. The summed E-state index contributed by atoms with van der Waals surface area (Å²) < 4.78 is 27.3. The lowest BCUT2D eigenvalue weighted by molar-refractivity contribution is 0.255. The van der Waals surface area contributed by atoms with Gasteiger partial charge in [-0.15, -0.1) is 0 Å². The molecule has 1 aromatic carbocycles. The molecule has 1 atom stereocenters. The lowest BCUT2D eigenvalue weighted by Gasteiger charge is -2.25. The number of nitrogens with one attached hydrogen (secondary N) is 1. The molecule has 0 aliphatic heterocycles. The van der Waals surface area contributed by atoms with Crippen molar-refractivity contribution in [2.45, 2.75) is 49.8 Å². The molecule has 112 valence electrons. The first-order chi connectivity index (χ1) is 9.62. The average Bonchev–Trinajstić information content (AvgIpc) is 2.48. The average molecular weight is 297 g/mol. The highest BCUT2D eigenvalue weighted by Gasteiger charge is 2.29. The van der Waals surface area contributed by atoms with Gasteiger partial charge < -0.3 is 5.11 Å². The lowest BCUT2D eigenvalue weighted by atomic mass is 10.0. The second-order valence-electron chi connectivity index (χ2n) is 5.49. The summed E-state index contributed by atoms with van der Waals surface area (Å²) >= 11 is 0. The molecule has 2 N–H and O–H groups in total. The summed E-state index contributed by atoms with van der Waals surface area (Å²) in [6.07, 6.45) is 5.07. The Morgan fingerprint density at radius 2 is 1.80 bits per heavy atom. The van der Waals surface area contributed by atoms with Crippen LogP contribution in [0.5, 0.6) is 0 Å². The van der Waals surface area contributed by atoms with Crippen LogP contribution < -0.4 is 4.72 Å². The predicted octanol–water partition coefficient (Wildman–Crippen LogP) is 1.84. The minimum Gasteiger partial charge on any atom is -0.395 e. The monoisotopic (exact) mass is 297 g/mol. The molecule has 0 aromatic heterocycles. The molecule has 1 saturated carbocycles. The van der Waals surface area contributed by atoms with E-state index >= 15 is 0 Å². The summed E-state index contributed by atoms with van der Waals surface area (Å²) in [5, 5.41) is 9.13. The number of sulfonamides is 1. The van der Waals surface area contributed by atoms with Crippen LogP contribution in [0.15, 0.2) is 30.3 Å². The summed E-state index contributed by atoms with van der Waals surface area (Å²) in [6.45, 7) is -0.180. The number of aliphatic hydroxyl groups is 1. The van der Waals surface area contributed by atoms with Gasteiger partial charge in [-0.1, -0.05) is 49.6 Å². The Kier molecular flexibility index (Phi) is 5.57. The van der Waals surface area contributed by atoms with Crippen molar-refractivity contribution < 1.29 is 13.5 Å². The van der Waals surface area contributed by atoms with Crippen molar-refractivity contribution in [2.24, 2.45) is 0 Å². The summed E-state index contributed by atoms with van der Waals surface area (Å²) in [4.78, 5) is 0. The molecular formula is C15H23NO3S. The zero-order valence-corrected chi connectivity index (χ0v) is 12.5.